The molecule has 0 amide bonds. The van der Waals surface area contributed by atoms with Gasteiger partial charge in [0.25, 0.3) is 0 Å². The second kappa shape index (κ2) is 9.76. The number of piperazine rings is 1. The zero-order valence-corrected chi connectivity index (χ0v) is 23.9. The monoisotopic (exact) mass is 545 g/mol. The van der Waals surface area contributed by atoms with Gasteiger partial charge in [0.15, 0.2) is 17.0 Å². The first-order valence-electron chi connectivity index (χ1n) is 14.5. The number of hydrogen-bond acceptors (Lipinski definition) is 9. The molecular formula is C29H39N9O2. The van der Waals surface area contributed by atoms with Crippen molar-refractivity contribution in [3.8, 4) is 5.95 Å². The summed E-state index contributed by atoms with van der Waals surface area (Å²) in [6.45, 7) is 12.2. The Kier molecular flexibility index (Phi) is 6.30. The average molecular weight is 546 g/mol. The van der Waals surface area contributed by atoms with Crippen LogP contribution in [0.5, 0.6) is 0 Å². The number of aliphatic hydroxyl groups is 1. The molecule has 3 saturated heterocycles. The van der Waals surface area contributed by atoms with Crippen molar-refractivity contribution in [3.63, 3.8) is 0 Å². The van der Waals surface area contributed by atoms with Crippen LogP contribution in [-0.4, -0.2) is 108 Å². The van der Waals surface area contributed by atoms with Gasteiger partial charge < -0.3 is 19.3 Å². The Bertz CT molecular complexity index is 1550. The predicted molar refractivity (Wildman–Crippen MR) is 154 cm³/mol. The van der Waals surface area contributed by atoms with E-state index in [9.17, 15) is 5.11 Å². The number of imidazole rings is 2. The number of fused-ring (bicyclic) bond motifs is 4. The lowest BCUT2D eigenvalue weighted by molar-refractivity contribution is 0.00964. The number of anilines is 1. The van der Waals surface area contributed by atoms with Crippen molar-refractivity contribution in [1.82, 2.24) is 38.9 Å². The Morgan fingerprint density at radius 2 is 1.80 bits per heavy atom. The van der Waals surface area contributed by atoms with Gasteiger partial charge in [-0.15, -0.1) is 0 Å². The smallest absolute Gasteiger partial charge is 0.239 e. The van der Waals surface area contributed by atoms with E-state index in [0.29, 0.717) is 31.2 Å². The molecule has 3 aliphatic heterocycles. The topological polar surface area (TPSA) is 101 Å². The summed E-state index contributed by atoms with van der Waals surface area (Å²) < 4.78 is 9.91. The maximum absolute atomic E-state index is 9.92. The maximum atomic E-state index is 9.92. The zero-order valence-electron chi connectivity index (χ0n) is 23.9. The lowest BCUT2D eigenvalue weighted by Crippen LogP contribution is -2.56. The van der Waals surface area contributed by atoms with E-state index in [2.05, 4.69) is 57.7 Å². The van der Waals surface area contributed by atoms with Crippen LogP contribution in [-0.2, 0) is 24.8 Å². The summed E-state index contributed by atoms with van der Waals surface area (Å²) in [5, 5.41) is 9.92. The van der Waals surface area contributed by atoms with Gasteiger partial charge in [-0.25, -0.2) is 9.97 Å². The molecule has 2 atom stereocenters. The molecule has 0 saturated carbocycles. The van der Waals surface area contributed by atoms with Crippen LogP contribution < -0.4 is 4.90 Å². The number of hydrogen-bond donors (Lipinski definition) is 1. The Morgan fingerprint density at radius 1 is 1.00 bits per heavy atom. The number of nitrogens with zero attached hydrogens (tertiary/aromatic N) is 9. The normalized spacial score (nSPS) is 22.4. The predicted octanol–water partition coefficient (Wildman–Crippen LogP) is 2.13. The molecule has 3 aliphatic rings. The van der Waals surface area contributed by atoms with Crippen molar-refractivity contribution in [3.05, 3.63) is 35.9 Å². The van der Waals surface area contributed by atoms with Gasteiger partial charge in [0.2, 0.25) is 5.95 Å². The van der Waals surface area contributed by atoms with Crippen molar-refractivity contribution in [2.75, 3.05) is 50.9 Å². The molecule has 2 bridgehead atoms. The Balaban J connectivity index is 1.29. The van der Waals surface area contributed by atoms with E-state index in [0.717, 1.165) is 85.2 Å². The van der Waals surface area contributed by atoms with Crippen LogP contribution in [0.3, 0.4) is 0 Å². The molecule has 0 aliphatic carbocycles. The molecular weight excluding hydrogens is 506 g/mol. The van der Waals surface area contributed by atoms with E-state index in [4.69, 9.17) is 24.7 Å². The molecule has 0 spiro atoms. The van der Waals surface area contributed by atoms with Gasteiger partial charge in [0, 0.05) is 57.3 Å². The first-order chi connectivity index (χ1) is 19.4. The van der Waals surface area contributed by atoms with Crippen LogP contribution in [0.25, 0.3) is 28.1 Å². The summed E-state index contributed by atoms with van der Waals surface area (Å²) in [5.41, 5.74) is 3.46. The van der Waals surface area contributed by atoms with Gasteiger partial charge >= 0.3 is 0 Å². The molecule has 3 aromatic heterocycles. The average Bonchev–Trinajstić information content (AvgIpc) is 3.75. The minimum absolute atomic E-state index is 0.179. The van der Waals surface area contributed by atoms with E-state index >= 15 is 0 Å². The summed E-state index contributed by atoms with van der Waals surface area (Å²) in [7, 11) is 2.08. The summed E-state index contributed by atoms with van der Waals surface area (Å²) in [6.07, 6.45) is 1.92. The Labute approximate surface area is 234 Å². The summed E-state index contributed by atoms with van der Waals surface area (Å²) >= 11 is 0. The first kappa shape index (κ1) is 25.8. The molecule has 0 unspecified atom stereocenters. The summed E-state index contributed by atoms with van der Waals surface area (Å²) in [4.78, 5) is 27.7. The van der Waals surface area contributed by atoms with Crippen molar-refractivity contribution in [2.45, 2.75) is 57.8 Å². The molecule has 212 valence electrons. The SMILES string of the molecule is CCc1nc2ccccc2n1-c1nc(N2CCOCC2)c2nc(CN3C[C@H]4C[C@@H]3CN4C(C)(C)CO)n(C)c2n1. The van der Waals surface area contributed by atoms with Gasteiger partial charge in [-0.3, -0.25) is 14.4 Å². The fraction of sp³-hybridized carbons (Fsp3) is 0.586. The number of aliphatic hydroxyl groups excluding tert-OH is 1. The van der Waals surface area contributed by atoms with Crippen LogP contribution in [0.2, 0.25) is 0 Å². The molecule has 7 rings (SSSR count). The fourth-order valence-corrected chi connectivity index (χ4v) is 6.81. The molecule has 1 N–H and O–H groups in total. The number of aromatic nitrogens is 6. The zero-order chi connectivity index (χ0) is 27.6. The molecule has 11 nitrogen and oxygen atoms in total. The molecule has 4 aromatic rings. The van der Waals surface area contributed by atoms with Crippen LogP contribution in [0.15, 0.2) is 24.3 Å². The highest BCUT2D eigenvalue weighted by molar-refractivity contribution is 5.86. The van der Waals surface area contributed by atoms with Gasteiger partial charge in [-0.05, 0) is 32.4 Å². The molecule has 1 aromatic carbocycles. The summed E-state index contributed by atoms with van der Waals surface area (Å²) in [5.74, 6) is 3.45. The second-order valence-electron chi connectivity index (χ2n) is 12.0. The largest absolute Gasteiger partial charge is 0.394 e. The second-order valence-corrected chi connectivity index (χ2v) is 12.0. The number of para-hydroxylation sites is 2. The molecule has 6 heterocycles. The number of benzene rings is 1. The van der Waals surface area contributed by atoms with Gasteiger partial charge in [-0.1, -0.05) is 19.1 Å². The van der Waals surface area contributed by atoms with E-state index in [-0.39, 0.29) is 12.1 Å². The Morgan fingerprint density at radius 3 is 2.52 bits per heavy atom. The van der Waals surface area contributed by atoms with Crippen LogP contribution >= 0.6 is 0 Å². The van der Waals surface area contributed by atoms with E-state index in [1.807, 2.05) is 18.2 Å². The minimum Gasteiger partial charge on any atom is -0.394 e. The van der Waals surface area contributed by atoms with Crippen LogP contribution in [0, 0.1) is 0 Å². The quantitative estimate of drug-likeness (QED) is 0.374. The minimum atomic E-state index is -0.183. The maximum Gasteiger partial charge on any atom is 0.239 e. The van der Waals surface area contributed by atoms with Crippen molar-refractivity contribution >= 4 is 28.0 Å². The van der Waals surface area contributed by atoms with Gasteiger partial charge in [0.1, 0.15) is 11.6 Å². The Hall–Kier alpha value is -3.12. The lowest BCUT2D eigenvalue weighted by atomic mass is 10.0. The highest BCUT2D eigenvalue weighted by Gasteiger charge is 2.48. The highest BCUT2D eigenvalue weighted by Crippen LogP contribution is 2.37. The summed E-state index contributed by atoms with van der Waals surface area (Å²) in [6, 6.07) is 9.13. The van der Waals surface area contributed by atoms with Crippen molar-refractivity contribution < 1.29 is 9.84 Å². The number of rotatable bonds is 7. The third-order valence-corrected chi connectivity index (χ3v) is 9.10. The molecule has 40 heavy (non-hydrogen) atoms. The van der Waals surface area contributed by atoms with E-state index in [1.54, 1.807) is 0 Å². The van der Waals surface area contributed by atoms with E-state index < -0.39 is 0 Å². The number of morpholine rings is 1. The molecule has 3 fully saturated rings. The van der Waals surface area contributed by atoms with Crippen LogP contribution in [0.1, 0.15) is 38.8 Å². The number of ether oxygens (including phenoxy) is 1. The number of likely N-dealkylation sites (tertiary alicyclic amines) is 2. The number of aryl methyl sites for hydroxylation is 2. The molecule has 11 heteroatoms. The van der Waals surface area contributed by atoms with Gasteiger partial charge in [-0.2, -0.15) is 9.97 Å². The third kappa shape index (κ3) is 4.09. The van der Waals surface area contributed by atoms with Crippen LogP contribution in [0.4, 0.5) is 5.82 Å². The van der Waals surface area contributed by atoms with Crippen molar-refractivity contribution in [1.29, 1.82) is 0 Å². The first-order valence-corrected chi connectivity index (χ1v) is 14.5. The fourth-order valence-electron chi connectivity index (χ4n) is 6.81. The van der Waals surface area contributed by atoms with Gasteiger partial charge in [0.05, 0.1) is 37.4 Å². The lowest BCUT2D eigenvalue weighted by Gasteiger charge is -2.42. The highest BCUT2D eigenvalue weighted by atomic mass is 16.5. The van der Waals surface area contributed by atoms with Crippen molar-refractivity contribution in [2.24, 2.45) is 7.05 Å². The molecule has 0 radical (unpaired) electrons. The third-order valence-electron chi connectivity index (χ3n) is 9.10. The van der Waals surface area contributed by atoms with E-state index in [1.165, 1.54) is 0 Å². The standard InChI is InChI=1S/C29H39N9O2/c1-5-23-30-21-8-6-7-9-22(21)38(23)28-32-26-25(27(33-28)35-10-12-40-13-11-35)31-24(34(26)4)17-36-15-20-14-19(36)16-37(20)29(2,3)18-39/h6-9,19-20,39H,5,10-18H2,1-4H3/t19-,20-/m1/s1.